The maximum atomic E-state index is 13.6. The second kappa shape index (κ2) is 4.94. The van der Waals surface area contributed by atoms with Gasteiger partial charge in [0.15, 0.2) is 0 Å². The fraction of sp³-hybridized carbons (Fsp3) is 0.250. The Morgan fingerprint density at radius 3 is 2.20 bits per heavy atom. The summed E-state index contributed by atoms with van der Waals surface area (Å²) in [7, 11) is 0. The third kappa shape index (κ3) is 2.31. The van der Waals surface area contributed by atoms with Gasteiger partial charge in [-0.1, -0.05) is 30.3 Å². The van der Waals surface area contributed by atoms with Gasteiger partial charge in [0, 0.05) is 12.1 Å². The van der Waals surface area contributed by atoms with Crippen LogP contribution in [0.1, 0.15) is 29.6 Å². The minimum Gasteiger partial charge on any atom is -0.388 e. The van der Waals surface area contributed by atoms with Gasteiger partial charge in [0.25, 0.3) is 0 Å². The molecule has 0 heterocycles. The Labute approximate surface area is 114 Å². The molecule has 0 saturated heterocycles. The smallest absolute Gasteiger partial charge is 0.134 e. The molecule has 4 heteroatoms. The van der Waals surface area contributed by atoms with Gasteiger partial charge in [-0.25, -0.2) is 13.2 Å². The molecule has 104 valence electrons. The van der Waals surface area contributed by atoms with Gasteiger partial charge < -0.3 is 5.11 Å². The molecular weight excluding hydrogens is 265 g/mol. The second-order valence-corrected chi connectivity index (χ2v) is 5.14. The van der Waals surface area contributed by atoms with Crippen LogP contribution in [0, 0.1) is 23.4 Å². The van der Waals surface area contributed by atoms with E-state index >= 15 is 0 Å². The molecule has 1 saturated carbocycles. The van der Waals surface area contributed by atoms with E-state index < -0.39 is 29.1 Å². The van der Waals surface area contributed by atoms with Crippen LogP contribution in [-0.4, -0.2) is 5.11 Å². The standard InChI is InChI=1S/C16H13F3O/c17-10-6-13(18)15(14(19)7-10)16(20)12-8-11(12)9-4-2-1-3-5-9/h1-7,11-12,16,20H,8H2. The lowest BCUT2D eigenvalue weighted by atomic mass is 10.0. The Kier molecular flexibility index (Phi) is 3.26. The first-order chi connectivity index (χ1) is 9.58. The summed E-state index contributed by atoms with van der Waals surface area (Å²) in [6, 6.07) is 10.7. The molecule has 1 nitrogen and oxygen atoms in total. The summed E-state index contributed by atoms with van der Waals surface area (Å²) in [5.74, 6) is -3.18. The molecule has 3 unspecified atom stereocenters. The number of rotatable bonds is 3. The molecule has 3 rings (SSSR count). The number of hydrogen-bond acceptors (Lipinski definition) is 1. The lowest BCUT2D eigenvalue weighted by molar-refractivity contribution is 0.141. The highest BCUT2D eigenvalue weighted by atomic mass is 19.1. The summed E-state index contributed by atoms with van der Waals surface area (Å²) in [6.07, 6.45) is -0.581. The first kappa shape index (κ1) is 13.2. The minimum atomic E-state index is -1.25. The van der Waals surface area contributed by atoms with Crippen LogP contribution < -0.4 is 0 Å². The average Bonchev–Trinajstić information content (AvgIpc) is 3.18. The van der Waals surface area contributed by atoms with Gasteiger partial charge in [0.05, 0.1) is 11.7 Å². The molecule has 20 heavy (non-hydrogen) atoms. The molecule has 0 radical (unpaired) electrons. The predicted octanol–water partition coefficient (Wildman–Crippen LogP) is 3.94. The molecule has 0 spiro atoms. The first-order valence-electron chi connectivity index (χ1n) is 6.45. The summed E-state index contributed by atoms with van der Waals surface area (Å²) in [4.78, 5) is 0. The molecule has 1 fully saturated rings. The number of aliphatic hydroxyl groups is 1. The van der Waals surface area contributed by atoms with Crippen molar-refractivity contribution in [2.24, 2.45) is 5.92 Å². The minimum absolute atomic E-state index is 0.0926. The molecule has 1 aliphatic rings. The van der Waals surface area contributed by atoms with Crippen molar-refractivity contribution in [3.63, 3.8) is 0 Å². The predicted molar refractivity (Wildman–Crippen MR) is 68.6 cm³/mol. The van der Waals surface area contributed by atoms with Crippen molar-refractivity contribution in [3.05, 3.63) is 71.0 Å². The molecular formula is C16H13F3O. The van der Waals surface area contributed by atoms with Gasteiger partial charge >= 0.3 is 0 Å². The summed E-state index contributed by atoms with van der Waals surface area (Å²) in [5, 5.41) is 10.1. The Hall–Kier alpha value is -1.81. The van der Waals surface area contributed by atoms with Gasteiger partial charge in [-0.05, 0) is 23.8 Å². The molecule has 0 aromatic heterocycles. The Morgan fingerprint density at radius 1 is 1.00 bits per heavy atom. The zero-order chi connectivity index (χ0) is 14.3. The van der Waals surface area contributed by atoms with Crippen LogP contribution in [0.25, 0.3) is 0 Å². The van der Waals surface area contributed by atoms with E-state index in [4.69, 9.17) is 0 Å². The highest BCUT2D eigenvalue weighted by Gasteiger charge is 2.45. The lowest BCUT2D eigenvalue weighted by Gasteiger charge is -2.13. The molecule has 2 aromatic carbocycles. The molecule has 3 atom stereocenters. The Bertz CT molecular complexity index is 604. The number of aliphatic hydroxyl groups excluding tert-OH is 1. The first-order valence-corrected chi connectivity index (χ1v) is 6.45. The van der Waals surface area contributed by atoms with Crippen molar-refractivity contribution in [2.45, 2.75) is 18.4 Å². The second-order valence-electron chi connectivity index (χ2n) is 5.14. The van der Waals surface area contributed by atoms with E-state index in [-0.39, 0.29) is 11.8 Å². The quantitative estimate of drug-likeness (QED) is 0.901. The van der Waals surface area contributed by atoms with Crippen molar-refractivity contribution in [1.29, 1.82) is 0 Å². The van der Waals surface area contributed by atoms with Crippen LogP contribution in [0.4, 0.5) is 13.2 Å². The van der Waals surface area contributed by atoms with Crippen molar-refractivity contribution in [3.8, 4) is 0 Å². The van der Waals surface area contributed by atoms with E-state index in [0.717, 1.165) is 5.56 Å². The van der Waals surface area contributed by atoms with Gasteiger partial charge in [0.1, 0.15) is 17.5 Å². The van der Waals surface area contributed by atoms with E-state index in [9.17, 15) is 18.3 Å². The lowest BCUT2D eigenvalue weighted by Crippen LogP contribution is -2.08. The molecule has 1 N–H and O–H groups in total. The number of halogens is 3. The fourth-order valence-corrected chi connectivity index (χ4v) is 2.70. The molecule has 0 aliphatic heterocycles. The van der Waals surface area contributed by atoms with Crippen molar-refractivity contribution >= 4 is 0 Å². The number of benzene rings is 2. The van der Waals surface area contributed by atoms with Crippen LogP contribution >= 0.6 is 0 Å². The van der Waals surface area contributed by atoms with Crippen LogP contribution in [0.2, 0.25) is 0 Å². The zero-order valence-corrected chi connectivity index (χ0v) is 10.6. The van der Waals surface area contributed by atoms with E-state index in [2.05, 4.69) is 0 Å². The highest BCUT2D eigenvalue weighted by Crippen LogP contribution is 2.54. The number of hydrogen-bond donors (Lipinski definition) is 1. The van der Waals surface area contributed by atoms with E-state index in [0.29, 0.717) is 18.6 Å². The molecule has 1 aliphatic carbocycles. The maximum absolute atomic E-state index is 13.6. The Morgan fingerprint density at radius 2 is 1.60 bits per heavy atom. The SMILES string of the molecule is OC(c1c(F)cc(F)cc1F)C1CC1c1ccccc1. The third-order valence-electron chi connectivity index (χ3n) is 3.81. The molecule has 2 aromatic rings. The summed E-state index contributed by atoms with van der Waals surface area (Å²) < 4.78 is 40.1. The maximum Gasteiger partial charge on any atom is 0.134 e. The van der Waals surface area contributed by atoms with E-state index in [1.54, 1.807) is 0 Å². The van der Waals surface area contributed by atoms with E-state index in [1.807, 2.05) is 30.3 Å². The Balaban J connectivity index is 1.84. The zero-order valence-electron chi connectivity index (χ0n) is 10.6. The largest absolute Gasteiger partial charge is 0.388 e. The summed E-state index contributed by atoms with van der Waals surface area (Å²) in [5.41, 5.74) is 0.606. The van der Waals surface area contributed by atoms with Gasteiger partial charge in [0.2, 0.25) is 0 Å². The average molecular weight is 278 g/mol. The van der Waals surface area contributed by atoms with Gasteiger partial charge in [-0.15, -0.1) is 0 Å². The molecule has 0 bridgehead atoms. The van der Waals surface area contributed by atoms with Crippen molar-refractivity contribution < 1.29 is 18.3 Å². The van der Waals surface area contributed by atoms with Crippen molar-refractivity contribution in [2.75, 3.05) is 0 Å². The van der Waals surface area contributed by atoms with E-state index in [1.165, 1.54) is 0 Å². The summed E-state index contributed by atoms with van der Waals surface area (Å²) >= 11 is 0. The normalized spacial score (nSPS) is 22.6. The monoisotopic (exact) mass is 278 g/mol. The van der Waals surface area contributed by atoms with Crippen LogP contribution in [0.3, 0.4) is 0 Å². The fourth-order valence-electron chi connectivity index (χ4n) is 2.70. The van der Waals surface area contributed by atoms with Crippen LogP contribution in [-0.2, 0) is 0 Å². The molecule has 0 amide bonds. The van der Waals surface area contributed by atoms with Gasteiger partial charge in [-0.2, -0.15) is 0 Å². The van der Waals surface area contributed by atoms with Crippen molar-refractivity contribution in [1.82, 2.24) is 0 Å². The summed E-state index contributed by atoms with van der Waals surface area (Å²) in [6.45, 7) is 0. The topological polar surface area (TPSA) is 20.2 Å². The highest BCUT2D eigenvalue weighted by molar-refractivity contribution is 5.31. The van der Waals surface area contributed by atoms with Crippen LogP contribution in [0.15, 0.2) is 42.5 Å². The van der Waals surface area contributed by atoms with Crippen LogP contribution in [0.5, 0.6) is 0 Å². The van der Waals surface area contributed by atoms with Gasteiger partial charge in [-0.3, -0.25) is 0 Å². The third-order valence-corrected chi connectivity index (χ3v) is 3.81.